The lowest BCUT2D eigenvalue weighted by atomic mass is 9.83. The number of hydrogen-bond acceptors (Lipinski definition) is 4. The van der Waals surface area contributed by atoms with E-state index in [4.69, 9.17) is 4.74 Å². The molecule has 0 saturated heterocycles. The number of halogens is 1. The van der Waals surface area contributed by atoms with E-state index < -0.39 is 23.6 Å². The zero-order valence-corrected chi connectivity index (χ0v) is 15.1. The molecule has 1 aromatic carbocycles. The fourth-order valence-electron chi connectivity index (χ4n) is 2.88. The molecule has 1 aliphatic rings. The average molecular weight is 350 g/mol. The van der Waals surface area contributed by atoms with Crippen LogP contribution in [0.3, 0.4) is 0 Å². The second-order valence-corrected chi connectivity index (χ2v) is 7.24. The molecular weight excluding hydrogens is 327 g/mol. The van der Waals surface area contributed by atoms with Crippen molar-refractivity contribution in [2.45, 2.75) is 59.1 Å². The molecule has 0 spiro atoms. The molecule has 1 aliphatic carbocycles. The number of nitrogens with one attached hydrogen (secondary N) is 2. The van der Waals surface area contributed by atoms with E-state index in [0.717, 1.165) is 6.07 Å². The highest BCUT2D eigenvalue weighted by molar-refractivity contribution is 6.07. The van der Waals surface area contributed by atoms with Gasteiger partial charge in [-0.25, -0.2) is 9.18 Å². The molecule has 2 N–H and O–H groups in total. The lowest BCUT2D eigenvalue weighted by Gasteiger charge is -2.29. The highest BCUT2D eigenvalue weighted by Crippen LogP contribution is 2.32. The van der Waals surface area contributed by atoms with Crippen LogP contribution in [0.15, 0.2) is 6.07 Å². The van der Waals surface area contributed by atoms with Crippen molar-refractivity contribution >= 4 is 23.5 Å². The Hall–Kier alpha value is -2.44. The van der Waals surface area contributed by atoms with E-state index in [0.29, 0.717) is 16.7 Å². The Labute approximate surface area is 146 Å². The predicted molar refractivity (Wildman–Crippen MR) is 91.2 cm³/mol. The SMILES string of the molecule is CC(=O)Nc1cc(F)c(C)c2c1C(=O)CC(NC(=O)OC(C)(C)C)C2. The van der Waals surface area contributed by atoms with Crippen LogP contribution in [0.4, 0.5) is 14.9 Å². The zero-order chi connectivity index (χ0) is 18.9. The zero-order valence-electron chi connectivity index (χ0n) is 15.1. The molecule has 0 aromatic heterocycles. The fraction of sp³-hybridized carbons (Fsp3) is 0.500. The Balaban J connectivity index is 2.30. The number of hydrogen-bond donors (Lipinski definition) is 2. The molecular formula is C18H23FN2O4. The van der Waals surface area contributed by atoms with E-state index in [-0.39, 0.29) is 30.2 Å². The maximum Gasteiger partial charge on any atom is 0.407 e. The number of rotatable bonds is 2. The Bertz CT molecular complexity index is 738. The molecule has 1 atom stereocenters. The van der Waals surface area contributed by atoms with E-state index in [9.17, 15) is 18.8 Å². The van der Waals surface area contributed by atoms with Crippen molar-refractivity contribution in [1.29, 1.82) is 0 Å². The smallest absolute Gasteiger partial charge is 0.407 e. The molecule has 0 aliphatic heterocycles. The summed E-state index contributed by atoms with van der Waals surface area (Å²) in [6.07, 6.45) is -0.273. The van der Waals surface area contributed by atoms with Crippen LogP contribution in [0.2, 0.25) is 0 Å². The largest absolute Gasteiger partial charge is 0.444 e. The monoisotopic (exact) mass is 350 g/mol. The number of alkyl carbamates (subject to hydrolysis) is 1. The topological polar surface area (TPSA) is 84.5 Å². The molecule has 25 heavy (non-hydrogen) atoms. The van der Waals surface area contributed by atoms with E-state index in [2.05, 4.69) is 10.6 Å². The first-order chi connectivity index (χ1) is 11.5. The van der Waals surface area contributed by atoms with Gasteiger partial charge in [0.25, 0.3) is 0 Å². The molecule has 0 saturated carbocycles. The summed E-state index contributed by atoms with van der Waals surface area (Å²) in [4.78, 5) is 35.8. The van der Waals surface area contributed by atoms with E-state index >= 15 is 0 Å². The van der Waals surface area contributed by atoms with Gasteiger partial charge in [-0.3, -0.25) is 9.59 Å². The minimum Gasteiger partial charge on any atom is -0.444 e. The van der Waals surface area contributed by atoms with Crippen molar-refractivity contribution in [1.82, 2.24) is 5.32 Å². The summed E-state index contributed by atoms with van der Waals surface area (Å²) in [6, 6.07) is 0.676. The lowest BCUT2D eigenvalue weighted by Crippen LogP contribution is -2.43. The van der Waals surface area contributed by atoms with Gasteiger partial charge in [-0.2, -0.15) is 0 Å². The maximum atomic E-state index is 14.2. The summed E-state index contributed by atoms with van der Waals surface area (Å²) in [5.41, 5.74) is 0.679. The van der Waals surface area contributed by atoms with Crippen LogP contribution >= 0.6 is 0 Å². The van der Waals surface area contributed by atoms with Crippen LogP contribution in [0.1, 0.15) is 55.6 Å². The highest BCUT2D eigenvalue weighted by Gasteiger charge is 2.32. The third kappa shape index (κ3) is 4.55. The van der Waals surface area contributed by atoms with Gasteiger partial charge in [-0.15, -0.1) is 0 Å². The van der Waals surface area contributed by atoms with Gasteiger partial charge in [0.1, 0.15) is 11.4 Å². The summed E-state index contributed by atoms with van der Waals surface area (Å²) in [5.74, 6) is -1.14. The first kappa shape index (κ1) is 18.9. The summed E-state index contributed by atoms with van der Waals surface area (Å²) in [5, 5.41) is 5.17. The van der Waals surface area contributed by atoms with Gasteiger partial charge in [0.15, 0.2) is 5.78 Å². The second-order valence-electron chi connectivity index (χ2n) is 7.24. The number of carbonyl (C=O) groups is 3. The number of Topliss-reactive ketones (excluding diaryl/α,β-unsaturated/α-hetero) is 1. The van der Waals surface area contributed by atoms with Crippen LogP contribution in [-0.4, -0.2) is 29.4 Å². The Kier molecular flexibility index (Phi) is 5.15. The van der Waals surface area contributed by atoms with Crippen molar-refractivity contribution in [2.24, 2.45) is 0 Å². The van der Waals surface area contributed by atoms with Gasteiger partial charge < -0.3 is 15.4 Å². The van der Waals surface area contributed by atoms with Crippen molar-refractivity contribution < 1.29 is 23.5 Å². The van der Waals surface area contributed by atoms with E-state index in [1.165, 1.54) is 6.92 Å². The Morgan fingerprint density at radius 1 is 1.28 bits per heavy atom. The number of ketones is 1. The van der Waals surface area contributed by atoms with Crippen molar-refractivity contribution in [3.63, 3.8) is 0 Å². The van der Waals surface area contributed by atoms with Crippen molar-refractivity contribution in [2.75, 3.05) is 5.32 Å². The van der Waals surface area contributed by atoms with Gasteiger partial charge in [-0.05, 0) is 51.3 Å². The number of fused-ring (bicyclic) bond motifs is 1. The number of benzene rings is 1. The Morgan fingerprint density at radius 3 is 2.48 bits per heavy atom. The van der Waals surface area contributed by atoms with Crippen LogP contribution < -0.4 is 10.6 Å². The minimum absolute atomic E-state index is 0.0594. The molecule has 0 fully saturated rings. The van der Waals surface area contributed by atoms with E-state index in [1.807, 2.05) is 0 Å². The number of anilines is 1. The quantitative estimate of drug-likeness (QED) is 0.858. The van der Waals surface area contributed by atoms with Gasteiger partial charge in [0.05, 0.1) is 5.69 Å². The van der Waals surface area contributed by atoms with Crippen LogP contribution in [0.5, 0.6) is 0 Å². The summed E-state index contributed by atoms with van der Waals surface area (Å²) in [6.45, 7) is 8.10. The molecule has 136 valence electrons. The normalized spacial score (nSPS) is 16.9. The standard InChI is InChI=1S/C18H23FN2O4/c1-9-12-6-11(21-17(24)25-18(3,4)5)7-15(23)16(12)14(8-13(9)19)20-10(2)22/h8,11H,6-7H2,1-5H3,(H,20,22)(H,21,24). The predicted octanol–water partition coefficient (Wildman–Crippen LogP) is 3.11. The summed E-state index contributed by atoms with van der Waals surface area (Å²) < 4.78 is 19.4. The van der Waals surface area contributed by atoms with Crippen LogP contribution in [0, 0.1) is 12.7 Å². The highest BCUT2D eigenvalue weighted by atomic mass is 19.1. The maximum absolute atomic E-state index is 14.2. The molecule has 0 radical (unpaired) electrons. The molecule has 7 heteroatoms. The molecule has 0 heterocycles. The third-order valence-corrected chi connectivity index (χ3v) is 3.85. The molecule has 0 bridgehead atoms. The fourth-order valence-corrected chi connectivity index (χ4v) is 2.88. The third-order valence-electron chi connectivity index (χ3n) is 3.85. The number of carbonyl (C=O) groups excluding carboxylic acids is 3. The molecule has 1 aromatic rings. The minimum atomic E-state index is -0.652. The van der Waals surface area contributed by atoms with Crippen LogP contribution in [0.25, 0.3) is 0 Å². The molecule has 6 nitrogen and oxygen atoms in total. The van der Waals surface area contributed by atoms with E-state index in [1.54, 1.807) is 27.7 Å². The van der Waals surface area contributed by atoms with Gasteiger partial charge in [0, 0.05) is 24.9 Å². The van der Waals surface area contributed by atoms with Crippen molar-refractivity contribution in [3.8, 4) is 0 Å². The molecule has 2 amide bonds. The second kappa shape index (κ2) is 6.82. The first-order valence-electron chi connectivity index (χ1n) is 8.10. The summed E-state index contributed by atoms with van der Waals surface area (Å²) in [7, 11) is 0. The average Bonchev–Trinajstić information content (AvgIpc) is 2.41. The number of amides is 2. The summed E-state index contributed by atoms with van der Waals surface area (Å²) >= 11 is 0. The lowest BCUT2D eigenvalue weighted by molar-refractivity contribution is -0.114. The van der Waals surface area contributed by atoms with Gasteiger partial charge >= 0.3 is 6.09 Å². The van der Waals surface area contributed by atoms with Crippen molar-refractivity contribution in [3.05, 3.63) is 28.6 Å². The van der Waals surface area contributed by atoms with Crippen LogP contribution in [-0.2, 0) is 16.0 Å². The first-order valence-corrected chi connectivity index (χ1v) is 8.10. The molecule has 1 unspecified atom stereocenters. The molecule has 2 rings (SSSR count). The van der Waals surface area contributed by atoms with Gasteiger partial charge in [-0.1, -0.05) is 0 Å². The number of ether oxygens (including phenoxy) is 1. The van der Waals surface area contributed by atoms with Gasteiger partial charge in [0.2, 0.25) is 5.91 Å². The Morgan fingerprint density at radius 2 is 1.92 bits per heavy atom.